The normalized spacial score (nSPS) is 9.55. The zero-order valence-electron chi connectivity index (χ0n) is 17.4. The van der Waals surface area contributed by atoms with Gasteiger partial charge in [0.05, 0.1) is 11.0 Å². The van der Waals surface area contributed by atoms with E-state index in [2.05, 4.69) is 39.0 Å². The number of carbonyl (C=O) groups is 1. The molecular weight excluding hydrogens is 362 g/mol. The van der Waals surface area contributed by atoms with E-state index < -0.39 is 0 Å². The highest BCUT2D eigenvalue weighted by Crippen LogP contribution is 2.27. The maximum Gasteiger partial charge on any atom is 0.223 e. The van der Waals surface area contributed by atoms with Gasteiger partial charge in [-0.2, -0.15) is 0 Å². The molecule has 0 atom stereocenters. The SMILES string of the molecule is C.C.CC(=O)N(C)c1ccccc1C(C)C.CC(C)c1ccccc1N(C)N=O. The molecule has 5 nitrogen and oxygen atoms in total. The molecule has 0 radical (unpaired) electrons. The average Bonchev–Trinajstić information content (AvgIpc) is 2.67. The molecule has 162 valence electrons. The van der Waals surface area contributed by atoms with E-state index in [9.17, 15) is 9.70 Å². The van der Waals surface area contributed by atoms with Gasteiger partial charge in [-0.1, -0.05) is 78.9 Å². The Morgan fingerprint density at radius 2 is 1.17 bits per heavy atom. The molecule has 0 unspecified atom stereocenters. The molecule has 0 aliphatic rings. The molecule has 29 heavy (non-hydrogen) atoms. The average molecular weight is 402 g/mol. The molecule has 5 heteroatoms. The van der Waals surface area contributed by atoms with Crippen LogP contribution in [0.5, 0.6) is 0 Å². The lowest BCUT2D eigenvalue weighted by Crippen LogP contribution is -2.24. The highest BCUT2D eigenvalue weighted by Gasteiger charge is 2.12. The number of hydrogen-bond acceptors (Lipinski definition) is 3. The van der Waals surface area contributed by atoms with Crippen LogP contribution in [-0.2, 0) is 4.79 Å². The molecule has 0 N–H and O–H groups in total. The van der Waals surface area contributed by atoms with Crippen LogP contribution in [0.3, 0.4) is 0 Å². The molecule has 0 saturated heterocycles. The first kappa shape index (κ1) is 28.5. The minimum Gasteiger partial charge on any atom is -0.315 e. The highest BCUT2D eigenvalue weighted by molar-refractivity contribution is 5.91. The number of hydrogen-bond donors (Lipinski definition) is 0. The van der Waals surface area contributed by atoms with Gasteiger partial charge in [0.25, 0.3) is 0 Å². The first-order valence-corrected chi connectivity index (χ1v) is 9.19. The van der Waals surface area contributed by atoms with Gasteiger partial charge in [-0.3, -0.25) is 4.79 Å². The van der Waals surface area contributed by atoms with Crippen LogP contribution < -0.4 is 9.91 Å². The van der Waals surface area contributed by atoms with Gasteiger partial charge in [0, 0.05) is 26.7 Å². The largest absolute Gasteiger partial charge is 0.315 e. The van der Waals surface area contributed by atoms with Crippen molar-refractivity contribution < 1.29 is 4.79 Å². The number of anilines is 2. The van der Waals surface area contributed by atoms with E-state index in [1.807, 2.05) is 49.5 Å². The van der Waals surface area contributed by atoms with Gasteiger partial charge >= 0.3 is 0 Å². The lowest BCUT2D eigenvalue weighted by atomic mass is 10.0. The number of benzene rings is 2. The molecule has 0 heterocycles. The minimum atomic E-state index is 0. The number of amides is 1. The van der Waals surface area contributed by atoms with Gasteiger partial charge in [0.15, 0.2) is 0 Å². The van der Waals surface area contributed by atoms with Crippen molar-refractivity contribution >= 4 is 17.3 Å². The van der Waals surface area contributed by atoms with Gasteiger partial charge in [-0.15, -0.1) is 4.91 Å². The van der Waals surface area contributed by atoms with Gasteiger partial charge in [0.2, 0.25) is 5.91 Å². The summed E-state index contributed by atoms with van der Waals surface area (Å²) in [5, 5.41) is 4.24. The third-order valence-corrected chi connectivity index (χ3v) is 4.42. The molecule has 2 aromatic carbocycles. The fraction of sp³-hybridized carbons (Fsp3) is 0.458. The lowest BCUT2D eigenvalue weighted by Gasteiger charge is -2.20. The number of rotatable bonds is 5. The maximum absolute atomic E-state index is 11.2. The van der Waals surface area contributed by atoms with Crippen molar-refractivity contribution in [3.8, 4) is 0 Å². The monoisotopic (exact) mass is 401 g/mol. The lowest BCUT2D eigenvalue weighted by molar-refractivity contribution is -0.116. The predicted molar refractivity (Wildman–Crippen MR) is 128 cm³/mol. The number of nitroso groups, excluding NO2 is 1. The number of carbonyl (C=O) groups excluding carboxylic acids is 1. The Labute approximate surface area is 177 Å². The van der Waals surface area contributed by atoms with Crippen molar-refractivity contribution in [1.29, 1.82) is 0 Å². The van der Waals surface area contributed by atoms with Crippen LogP contribution in [-0.4, -0.2) is 20.0 Å². The van der Waals surface area contributed by atoms with Gasteiger partial charge in [-0.25, -0.2) is 5.01 Å². The van der Waals surface area contributed by atoms with Crippen LogP contribution >= 0.6 is 0 Å². The molecule has 0 fully saturated rings. The van der Waals surface area contributed by atoms with Gasteiger partial charge < -0.3 is 4.90 Å². The van der Waals surface area contributed by atoms with Crippen molar-refractivity contribution in [2.24, 2.45) is 5.29 Å². The summed E-state index contributed by atoms with van der Waals surface area (Å²) in [6, 6.07) is 15.8. The summed E-state index contributed by atoms with van der Waals surface area (Å²) in [6.45, 7) is 10.0. The zero-order valence-corrected chi connectivity index (χ0v) is 17.4. The zero-order chi connectivity index (χ0) is 20.6. The van der Waals surface area contributed by atoms with Crippen molar-refractivity contribution in [2.45, 2.75) is 61.3 Å². The molecule has 0 bridgehead atoms. The summed E-state index contributed by atoms with van der Waals surface area (Å²) in [5.74, 6) is 0.909. The van der Waals surface area contributed by atoms with Crippen molar-refractivity contribution in [2.75, 3.05) is 24.0 Å². The van der Waals surface area contributed by atoms with E-state index in [1.54, 1.807) is 18.9 Å². The van der Waals surface area contributed by atoms with Crippen LogP contribution in [0.2, 0.25) is 0 Å². The van der Waals surface area contributed by atoms with E-state index in [-0.39, 0.29) is 20.8 Å². The summed E-state index contributed by atoms with van der Waals surface area (Å²) >= 11 is 0. The molecule has 2 rings (SSSR count). The summed E-state index contributed by atoms with van der Waals surface area (Å²) in [6.07, 6.45) is 0. The molecule has 0 spiro atoms. The fourth-order valence-corrected chi connectivity index (χ4v) is 2.77. The third-order valence-electron chi connectivity index (χ3n) is 4.42. The Kier molecular flexibility index (Phi) is 13.3. The van der Waals surface area contributed by atoms with Crippen molar-refractivity contribution in [3.05, 3.63) is 64.6 Å². The molecule has 0 aromatic heterocycles. The Morgan fingerprint density at radius 1 is 0.793 bits per heavy atom. The van der Waals surface area contributed by atoms with Crippen LogP contribution in [0.15, 0.2) is 53.8 Å². The molecule has 0 saturated carbocycles. The second-order valence-electron chi connectivity index (χ2n) is 7.11. The first-order valence-electron chi connectivity index (χ1n) is 9.19. The van der Waals surface area contributed by atoms with E-state index in [0.29, 0.717) is 11.8 Å². The maximum atomic E-state index is 11.2. The van der Waals surface area contributed by atoms with Gasteiger partial charge in [-0.05, 0) is 35.1 Å². The smallest absolute Gasteiger partial charge is 0.223 e. The summed E-state index contributed by atoms with van der Waals surface area (Å²) in [5.41, 5.74) is 4.25. The second-order valence-corrected chi connectivity index (χ2v) is 7.11. The van der Waals surface area contributed by atoms with Gasteiger partial charge in [0.1, 0.15) is 0 Å². The second kappa shape index (κ2) is 13.5. The van der Waals surface area contributed by atoms with Crippen molar-refractivity contribution in [3.63, 3.8) is 0 Å². The molecule has 0 aliphatic heterocycles. The standard InChI is InChI=1S/C12H17NO.C10H14N2O.2CH4/c1-9(2)11-7-5-6-8-12(11)13(4)10(3)14;1-8(2)9-6-4-5-7-10(9)12(3)11-13;;/h5-9H,1-4H3;4-8H,1-3H3;2*1H4. The Balaban J connectivity index is 0. The fourth-order valence-electron chi connectivity index (χ4n) is 2.77. The van der Waals surface area contributed by atoms with Crippen LogP contribution in [0.1, 0.15) is 72.4 Å². The summed E-state index contributed by atoms with van der Waals surface area (Å²) in [4.78, 5) is 23.3. The van der Waals surface area contributed by atoms with E-state index >= 15 is 0 Å². The molecule has 1 amide bonds. The number of para-hydroxylation sites is 2. The highest BCUT2D eigenvalue weighted by atomic mass is 16.3. The Hall–Kier alpha value is -2.69. The van der Waals surface area contributed by atoms with E-state index in [4.69, 9.17) is 0 Å². The minimum absolute atomic E-state index is 0. The Bertz CT molecular complexity index is 757. The predicted octanol–water partition coefficient (Wildman–Crippen LogP) is 6.99. The van der Waals surface area contributed by atoms with Crippen LogP contribution in [0.4, 0.5) is 11.4 Å². The van der Waals surface area contributed by atoms with Crippen LogP contribution in [0, 0.1) is 4.91 Å². The van der Waals surface area contributed by atoms with E-state index in [0.717, 1.165) is 16.9 Å². The van der Waals surface area contributed by atoms with Crippen molar-refractivity contribution in [1.82, 2.24) is 0 Å². The quantitative estimate of drug-likeness (QED) is 0.400. The first-order chi connectivity index (χ1) is 12.7. The number of nitrogens with zero attached hydrogens (tertiary/aromatic N) is 3. The summed E-state index contributed by atoms with van der Waals surface area (Å²) < 4.78 is 0. The van der Waals surface area contributed by atoms with E-state index in [1.165, 1.54) is 10.6 Å². The Morgan fingerprint density at radius 3 is 1.55 bits per heavy atom. The van der Waals surface area contributed by atoms with Crippen LogP contribution in [0.25, 0.3) is 0 Å². The third kappa shape index (κ3) is 8.06. The topological polar surface area (TPSA) is 53.0 Å². The molecule has 2 aromatic rings. The summed E-state index contributed by atoms with van der Waals surface area (Å²) in [7, 11) is 3.47. The molecule has 0 aliphatic carbocycles. The molecular formula is C24H39N3O2.